The van der Waals surface area contributed by atoms with Gasteiger partial charge in [-0.2, -0.15) is 0 Å². The normalized spacial score (nSPS) is 21.6. The van der Waals surface area contributed by atoms with E-state index < -0.39 is 0 Å². The van der Waals surface area contributed by atoms with Gasteiger partial charge in [0.25, 0.3) is 0 Å². The van der Waals surface area contributed by atoms with E-state index in [9.17, 15) is 0 Å². The Hall–Kier alpha value is -0.380. The van der Waals surface area contributed by atoms with Crippen molar-refractivity contribution < 1.29 is 4.74 Å². The van der Waals surface area contributed by atoms with E-state index in [1.54, 1.807) is 0 Å². The van der Waals surface area contributed by atoms with Gasteiger partial charge in [-0.05, 0) is 17.5 Å². The molecule has 1 aliphatic heterocycles. The minimum atomic E-state index is 0.346. The smallest absolute Gasteiger partial charge is 0.0799 e. The zero-order valence-electron chi connectivity index (χ0n) is 10.4. The van der Waals surface area contributed by atoms with Gasteiger partial charge in [-0.15, -0.1) is 0 Å². The Morgan fingerprint density at radius 1 is 1.29 bits per heavy atom. The van der Waals surface area contributed by atoms with Gasteiger partial charge < -0.3 is 4.74 Å². The first-order chi connectivity index (χ1) is 8.31. The Morgan fingerprint density at radius 2 is 2.00 bits per heavy atom. The lowest BCUT2D eigenvalue weighted by Crippen LogP contribution is -2.42. The number of morpholine rings is 1. The van der Waals surface area contributed by atoms with Crippen LogP contribution in [-0.4, -0.2) is 36.0 Å². The predicted octanol–water partition coefficient (Wildman–Crippen LogP) is 2.84. The van der Waals surface area contributed by atoms with Gasteiger partial charge in [0.15, 0.2) is 0 Å². The molecule has 0 aliphatic carbocycles. The molecule has 0 radical (unpaired) electrons. The first-order valence-corrected chi connectivity index (χ1v) is 7.41. The maximum absolute atomic E-state index is 5.64. The van der Waals surface area contributed by atoms with E-state index in [1.807, 2.05) is 0 Å². The zero-order chi connectivity index (χ0) is 12.1. The minimum absolute atomic E-state index is 0.346. The fraction of sp³-hybridized carbons (Fsp3) is 0.571. The molecule has 1 aromatic rings. The summed E-state index contributed by atoms with van der Waals surface area (Å²) in [6.45, 7) is 6.15. The summed E-state index contributed by atoms with van der Waals surface area (Å²) in [5, 5.41) is 0.929. The monoisotopic (exact) mass is 297 g/mol. The quantitative estimate of drug-likeness (QED) is 0.793. The van der Waals surface area contributed by atoms with Crippen molar-refractivity contribution in [2.45, 2.75) is 26.0 Å². The van der Waals surface area contributed by atoms with Crippen molar-refractivity contribution in [3.05, 3.63) is 35.4 Å². The maximum atomic E-state index is 5.64. The lowest BCUT2D eigenvalue weighted by atomic mass is 10.1. The highest BCUT2D eigenvalue weighted by Crippen LogP contribution is 2.12. The molecule has 1 atom stereocenters. The summed E-state index contributed by atoms with van der Waals surface area (Å²) in [7, 11) is 0. The summed E-state index contributed by atoms with van der Waals surface area (Å²) in [5.41, 5.74) is 2.81. The Bertz CT molecular complexity index is 339. The highest BCUT2D eigenvalue weighted by molar-refractivity contribution is 9.09. The minimum Gasteiger partial charge on any atom is -0.375 e. The van der Waals surface area contributed by atoms with Gasteiger partial charge in [0.1, 0.15) is 0 Å². The molecule has 2 rings (SSSR count). The summed E-state index contributed by atoms with van der Waals surface area (Å²) in [6, 6.07) is 8.96. The highest BCUT2D eigenvalue weighted by Gasteiger charge is 2.19. The molecule has 0 bridgehead atoms. The van der Waals surface area contributed by atoms with E-state index in [4.69, 9.17) is 4.74 Å². The maximum Gasteiger partial charge on any atom is 0.0799 e. The molecule has 1 fully saturated rings. The van der Waals surface area contributed by atoms with E-state index in [2.05, 4.69) is 52.0 Å². The van der Waals surface area contributed by atoms with Gasteiger partial charge in [0.05, 0.1) is 12.7 Å². The lowest BCUT2D eigenvalue weighted by molar-refractivity contribution is -0.0181. The molecule has 94 valence electrons. The summed E-state index contributed by atoms with van der Waals surface area (Å²) < 4.78 is 5.64. The van der Waals surface area contributed by atoms with Crippen LogP contribution in [0.3, 0.4) is 0 Å². The summed E-state index contributed by atoms with van der Waals surface area (Å²) >= 11 is 3.49. The van der Waals surface area contributed by atoms with E-state index in [1.165, 1.54) is 11.1 Å². The van der Waals surface area contributed by atoms with Gasteiger partial charge in [0, 0.05) is 25.0 Å². The number of hydrogen-bond acceptors (Lipinski definition) is 2. The summed E-state index contributed by atoms with van der Waals surface area (Å²) in [5.74, 6) is 0. The van der Waals surface area contributed by atoms with Crippen molar-refractivity contribution in [2.75, 3.05) is 25.0 Å². The molecule has 0 saturated carbocycles. The van der Waals surface area contributed by atoms with Crippen LogP contribution in [-0.2, 0) is 17.7 Å². The zero-order valence-corrected chi connectivity index (χ0v) is 11.9. The molecule has 1 aromatic carbocycles. The number of hydrogen-bond donors (Lipinski definition) is 0. The van der Waals surface area contributed by atoms with Crippen LogP contribution in [0, 0.1) is 0 Å². The first-order valence-electron chi connectivity index (χ1n) is 6.29. The second-order valence-corrected chi connectivity index (χ2v) is 5.20. The summed E-state index contributed by atoms with van der Waals surface area (Å²) in [6.07, 6.45) is 1.46. The third kappa shape index (κ3) is 3.80. The Morgan fingerprint density at radius 3 is 2.65 bits per heavy atom. The van der Waals surface area contributed by atoms with Gasteiger partial charge >= 0.3 is 0 Å². The van der Waals surface area contributed by atoms with Crippen LogP contribution < -0.4 is 0 Å². The third-order valence-corrected chi connectivity index (χ3v) is 3.95. The summed E-state index contributed by atoms with van der Waals surface area (Å²) in [4.78, 5) is 2.47. The molecular formula is C14H20BrNO. The number of aryl methyl sites for hydroxylation is 1. The van der Waals surface area contributed by atoms with Crippen molar-refractivity contribution >= 4 is 15.9 Å². The number of nitrogens with zero attached hydrogens (tertiary/aromatic N) is 1. The van der Waals surface area contributed by atoms with Crippen molar-refractivity contribution in [1.29, 1.82) is 0 Å². The second-order valence-electron chi connectivity index (χ2n) is 4.55. The molecule has 2 nitrogen and oxygen atoms in total. The SMILES string of the molecule is CCc1ccc(CN2CCOC(CBr)C2)cc1. The van der Waals surface area contributed by atoms with Crippen LogP contribution in [0.1, 0.15) is 18.1 Å². The van der Waals surface area contributed by atoms with E-state index >= 15 is 0 Å². The van der Waals surface area contributed by atoms with Crippen LogP contribution in [0.5, 0.6) is 0 Å². The molecule has 17 heavy (non-hydrogen) atoms. The Balaban J connectivity index is 1.90. The number of rotatable bonds is 4. The molecule has 3 heteroatoms. The molecule has 1 aliphatic rings. The molecule has 1 saturated heterocycles. The first kappa shape index (κ1) is 13.1. The second kappa shape index (κ2) is 6.53. The van der Waals surface area contributed by atoms with Gasteiger partial charge in [0.2, 0.25) is 0 Å². The van der Waals surface area contributed by atoms with Crippen molar-refractivity contribution in [2.24, 2.45) is 0 Å². The van der Waals surface area contributed by atoms with Crippen LogP contribution in [0.2, 0.25) is 0 Å². The molecule has 0 amide bonds. The molecule has 1 heterocycles. The number of alkyl halides is 1. The fourth-order valence-corrected chi connectivity index (χ4v) is 2.55. The molecule has 1 unspecified atom stereocenters. The average molecular weight is 298 g/mol. The number of ether oxygens (including phenoxy) is 1. The number of benzene rings is 1. The Kier molecular flexibility index (Phi) is 5.01. The van der Waals surface area contributed by atoms with E-state index in [0.717, 1.165) is 38.0 Å². The fourth-order valence-electron chi connectivity index (χ4n) is 2.16. The van der Waals surface area contributed by atoms with E-state index in [-0.39, 0.29) is 0 Å². The van der Waals surface area contributed by atoms with Gasteiger partial charge in [-0.25, -0.2) is 0 Å². The van der Waals surface area contributed by atoms with Crippen LogP contribution in [0.25, 0.3) is 0 Å². The van der Waals surface area contributed by atoms with Crippen molar-refractivity contribution in [1.82, 2.24) is 4.90 Å². The predicted molar refractivity (Wildman–Crippen MR) is 74.6 cm³/mol. The van der Waals surface area contributed by atoms with Crippen molar-refractivity contribution in [3.63, 3.8) is 0 Å². The standard InChI is InChI=1S/C14H20BrNO/c1-2-12-3-5-13(6-4-12)10-16-7-8-17-14(9-15)11-16/h3-6,14H,2,7-11H2,1H3. The number of halogens is 1. The van der Waals surface area contributed by atoms with Crippen LogP contribution in [0.15, 0.2) is 24.3 Å². The topological polar surface area (TPSA) is 12.5 Å². The van der Waals surface area contributed by atoms with Crippen molar-refractivity contribution in [3.8, 4) is 0 Å². The molecule has 0 N–H and O–H groups in total. The highest BCUT2D eigenvalue weighted by atomic mass is 79.9. The lowest BCUT2D eigenvalue weighted by Gasteiger charge is -2.32. The van der Waals surface area contributed by atoms with Gasteiger partial charge in [-0.3, -0.25) is 4.90 Å². The molecule has 0 spiro atoms. The largest absolute Gasteiger partial charge is 0.375 e. The Labute approximate surface area is 112 Å². The molecular weight excluding hydrogens is 278 g/mol. The van der Waals surface area contributed by atoms with E-state index in [0.29, 0.717) is 6.10 Å². The average Bonchev–Trinajstić information content (AvgIpc) is 2.40. The van der Waals surface area contributed by atoms with Gasteiger partial charge in [-0.1, -0.05) is 47.1 Å². The van der Waals surface area contributed by atoms with Crippen LogP contribution >= 0.6 is 15.9 Å². The molecule has 0 aromatic heterocycles. The third-order valence-electron chi connectivity index (χ3n) is 3.23. The van der Waals surface area contributed by atoms with Crippen LogP contribution in [0.4, 0.5) is 0 Å².